The van der Waals surface area contributed by atoms with Crippen LogP contribution < -0.4 is 0 Å². The summed E-state index contributed by atoms with van der Waals surface area (Å²) in [7, 11) is 0. The van der Waals surface area contributed by atoms with Gasteiger partial charge in [-0.15, -0.1) is 0 Å². The van der Waals surface area contributed by atoms with E-state index in [9.17, 15) is 0 Å². The van der Waals surface area contributed by atoms with E-state index in [1.807, 2.05) is 0 Å². The van der Waals surface area contributed by atoms with E-state index in [0.29, 0.717) is 11.3 Å². The van der Waals surface area contributed by atoms with Crippen LogP contribution in [0.15, 0.2) is 60.2 Å². The van der Waals surface area contributed by atoms with Crippen molar-refractivity contribution in [3.8, 4) is 0 Å². The van der Waals surface area contributed by atoms with Gasteiger partial charge < -0.3 is 0 Å². The topological polar surface area (TPSA) is 0 Å². The summed E-state index contributed by atoms with van der Waals surface area (Å²) in [6.07, 6.45) is 15.3. The average molecular weight is 220 g/mol. The molecule has 1 aromatic carbocycles. The molecule has 0 amide bonds. The molecule has 17 heavy (non-hydrogen) atoms. The second kappa shape index (κ2) is 3.22. The van der Waals surface area contributed by atoms with Crippen molar-refractivity contribution in [1.29, 1.82) is 0 Å². The van der Waals surface area contributed by atoms with Crippen molar-refractivity contribution in [1.82, 2.24) is 0 Å². The van der Waals surface area contributed by atoms with Crippen LogP contribution in [0.3, 0.4) is 0 Å². The Morgan fingerprint density at radius 1 is 1.12 bits per heavy atom. The predicted octanol–water partition coefficient (Wildman–Crippen LogP) is 3.94. The van der Waals surface area contributed by atoms with Crippen molar-refractivity contribution in [3.63, 3.8) is 0 Å². The molecule has 0 saturated heterocycles. The fourth-order valence-corrected chi connectivity index (χ4v) is 3.93. The standard InChI is InChI=1S/C17H16/c1-3-7-15-13(5-1)9-11-17(15)12-10-14-6-2-4-8-16(14)17/h1-9,15H,10-12H2. The highest BCUT2D eigenvalue weighted by Gasteiger charge is 2.47. The van der Waals surface area contributed by atoms with Gasteiger partial charge in [-0.25, -0.2) is 0 Å². The first-order valence-corrected chi connectivity index (χ1v) is 6.53. The molecule has 1 aromatic rings. The Balaban J connectivity index is 1.87. The number of hydrogen-bond donors (Lipinski definition) is 0. The minimum Gasteiger partial charge on any atom is -0.0798 e. The molecule has 0 aromatic heterocycles. The largest absolute Gasteiger partial charge is 0.0798 e. The summed E-state index contributed by atoms with van der Waals surface area (Å²) in [5, 5.41) is 0. The molecule has 0 fully saturated rings. The number of benzene rings is 1. The Morgan fingerprint density at radius 3 is 3.06 bits per heavy atom. The van der Waals surface area contributed by atoms with E-state index in [2.05, 4.69) is 54.6 Å². The molecule has 3 aliphatic carbocycles. The number of aryl methyl sites for hydroxylation is 1. The summed E-state index contributed by atoms with van der Waals surface area (Å²) in [5.74, 6) is 0.621. The lowest BCUT2D eigenvalue weighted by atomic mass is 9.70. The predicted molar refractivity (Wildman–Crippen MR) is 70.9 cm³/mol. The molecule has 84 valence electrons. The normalized spacial score (nSPS) is 32.7. The van der Waals surface area contributed by atoms with Gasteiger partial charge in [0.1, 0.15) is 0 Å². The Bertz CT molecular complexity index is 559. The Kier molecular flexibility index (Phi) is 1.80. The van der Waals surface area contributed by atoms with Gasteiger partial charge >= 0.3 is 0 Å². The van der Waals surface area contributed by atoms with E-state index >= 15 is 0 Å². The third-order valence-electron chi connectivity index (χ3n) is 4.75. The molecular weight excluding hydrogens is 204 g/mol. The van der Waals surface area contributed by atoms with Gasteiger partial charge in [-0.2, -0.15) is 0 Å². The van der Waals surface area contributed by atoms with E-state index in [4.69, 9.17) is 0 Å². The van der Waals surface area contributed by atoms with Crippen LogP contribution in [0.4, 0.5) is 0 Å². The van der Waals surface area contributed by atoms with Crippen molar-refractivity contribution in [2.45, 2.75) is 24.7 Å². The van der Waals surface area contributed by atoms with Crippen LogP contribution in [0, 0.1) is 5.92 Å². The molecule has 0 saturated carbocycles. The molecule has 0 nitrogen and oxygen atoms in total. The number of hydrogen-bond acceptors (Lipinski definition) is 0. The SMILES string of the molecule is C1=CC2=CCC3(CCc4ccccc43)C2C=C1. The van der Waals surface area contributed by atoms with Crippen molar-refractivity contribution in [2.75, 3.05) is 0 Å². The molecule has 0 heteroatoms. The third kappa shape index (κ3) is 1.13. The first-order chi connectivity index (χ1) is 8.40. The first-order valence-electron chi connectivity index (χ1n) is 6.53. The van der Waals surface area contributed by atoms with E-state index < -0.39 is 0 Å². The van der Waals surface area contributed by atoms with Crippen molar-refractivity contribution >= 4 is 0 Å². The van der Waals surface area contributed by atoms with E-state index in [1.165, 1.54) is 24.8 Å². The number of allylic oxidation sites excluding steroid dienone is 6. The van der Waals surface area contributed by atoms with Crippen LogP contribution in [-0.4, -0.2) is 0 Å². The van der Waals surface area contributed by atoms with Gasteiger partial charge in [0.2, 0.25) is 0 Å². The zero-order valence-electron chi connectivity index (χ0n) is 9.89. The third-order valence-corrected chi connectivity index (χ3v) is 4.75. The summed E-state index contributed by atoms with van der Waals surface area (Å²) in [4.78, 5) is 0. The molecule has 0 N–H and O–H groups in total. The van der Waals surface area contributed by atoms with E-state index in [0.717, 1.165) is 0 Å². The molecule has 3 aliphatic rings. The second-order valence-corrected chi connectivity index (χ2v) is 5.44. The molecule has 0 aliphatic heterocycles. The second-order valence-electron chi connectivity index (χ2n) is 5.44. The fraction of sp³-hybridized carbons (Fsp3) is 0.294. The van der Waals surface area contributed by atoms with Gasteiger partial charge in [-0.1, -0.05) is 54.6 Å². The van der Waals surface area contributed by atoms with Crippen LogP contribution in [0.2, 0.25) is 0 Å². The van der Waals surface area contributed by atoms with Gasteiger partial charge in [0.05, 0.1) is 0 Å². The number of fused-ring (bicyclic) bond motifs is 4. The van der Waals surface area contributed by atoms with Crippen LogP contribution in [0.1, 0.15) is 24.0 Å². The van der Waals surface area contributed by atoms with E-state index in [1.54, 1.807) is 11.1 Å². The highest BCUT2D eigenvalue weighted by atomic mass is 14.5. The van der Waals surface area contributed by atoms with Gasteiger partial charge in [-0.05, 0) is 36.0 Å². The highest BCUT2D eigenvalue weighted by molar-refractivity contribution is 5.50. The lowest BCUT2D eigenvalue weighted by Crippen LogP contribution is -2.28. The van der Waals surface area contributed by atoms with E-state index in [-0.39, 0.29) is 0 Å². The molecule has 0 heterocycles. The highest BCUT2D eigenvalue weighted by Crippen LogP contribution is 2.54. The van der Waals surface area contributed by atoms with Crippen LogP contribution >= 0.6 is 0 Å². The summed E-state index contributed by atoms with van der Waals surface area (Å²) >= 11 is 0. The maximum atomic E-state index is 2.45. The Hall–Kier alpha value is -1.56. The average Bonchev–Trinajstić information content (AvgIpc) is 2.95. The molecule has 1 spiro atoms. The fourth-order valence-electron chi connectivity index (χ4n) is 3.93. The van der Waals surface area contributed by atoms with Gasteiger partial charge in [0, 0.05) is 11.3 Å². The lowest BCUT2D eigenvalue weighted by Gasteiger charge is -2.33. The van der Waals surface area contributed by atoms with Gasteiger partial charge in [0.25, 0.3) is 0 Å². The summed E-state index contributed by atoms with van der Waals surface area (Å²) in [5.41, 5.74) is 5.10. The summed E-state index contributed by atoms with van der Waals surface area (Å²) < 4.78 is 0. The molecule has 2 unspecified atom stereocenters. The molecule has 4 rings (SSSR count). The molecule has 0 radical (unpaired) electrons. The van der Waals surface area contributed by atoms with Crippen LogP contribution in [0.25, 0.3) is 0 Å². The van der Waals surface area contributed by atoms with Crippen LogP contribution in [0.5, 0.6) is 0 Å². The monoisotopic (exact) mass is 220 g/mol. The molecule has 2 atom stereocenters. The minimum absolute atomic E-state index is 0.382. The van der Waals surface area contributed by atoms with Crippen molar-refractivity contribution in [3.05, 3.63) is 71.3 Å². The zero-order chi connectivity index (χ0) is 11.3. The number of rotatable bonds is 0. The zero-order valence-corrected chi connectivity index (χ0v) is 9.89. The minimum atomic E-state index is 0.382. The van der Waals surface area contributed by atoms with Crippen molar-refractivity contribution < 1.29 is 0 Å². The van der Waals surface area contributed by atoms with Gasteiger partial charge in [-0.3, -0.25) is 0 Å². The Labute approximate surface area is 102 Å². The summed E-state index contributed by atoms with van der Waals surface area (Å²) in [6, 6.07) is 9.04. The lowest BCUT2D eigenvalue weighted by molar-refractivity contribution is 0.381. The quantitative estimate of drug-likeness (QED) is 0.621. The smallest absolute Gasteiger partial charge is 0.0118 e. The first kappa shape index (κ1) is 9.47. The molecular formula is C17H16. The molecule has 0 bridgehead atoms. The van der Waals surface area contributed by atoms with Gasteiger partial charge in [0.15, 0.2) is 0 Å². The summed E-state index contributed by atoms with van der Waals surface area (Å²) in [6.45, 7) is 0. The maximum absolute atomic E-state index is 2.45. The maximum Gasteiger partial charge on any atom is 0.0118 e. The Morgan fingerprint density at radius 2 is 2.06 bits per heavy atom. The van der Waals surface area contributed by atoms with Crippen LogP contribution in [-0.2, 0) is 11.8 Å². The van der Waals surface area contributed by atoms with Crippen molar-refractivity contribution in [2.24, 2.45) is 5.92 Å².